The quantitative estimate of drug-likeness (QED) is 0.885. The number of fused-ring (bicyclic) bond motifs is 1. The van der Waals surface area contributed by atoms with Gasteiger partial charge in [0.1, 0.15) is 5.69 Å². The molecule has 4 rings (SSSR count). The third-order valence-electron chi connectivity index (χ3n) is 5.80. The average molecular weight is 355 g/mol. The first kappa shape index (κ1) is 17.1. The summed E-state index contributed by atoms with van der Waals surface area (Å²) in [6.45, 7) is 4.01. The van der Waals surface area contributed by atoms with E-state index in [2.05, 4.69) is 11.1 Å². The molecule has 0 radical (unpaired) electrons. The van der Waals surface area contributed by atoms with Gasteiger partial charge in [-0.2, -0.15) is 0 Å². The summed E-state index contributed by atoms with van der Waals surface area (Å²) in [6, 6.07) is 8.06. The van der Waals surface area contributed by atoms with Crippen molar-refractivity contribution in [3.63, 3.8) is 0 Å². The second kappa shape index (κ2) is 6.76. The van der Waals surface area contributed by atoms with Gasteiger partial charge in [0.2, 0.25) is 5.91 Å². The Morgan fingerprint density at radius 3 is 2.69 bits per heavy atom. The molecule has 26 heavy (non-hydrogen) atoms. The van der Waals surface area contributed by atoms with E-state index in [4.69, 9.17) is 10.5 Å². The van der Waals surface area contributed by atoms with Crippen LogP contribution in [0.3, 0.4) is 0 Å². The number of nitrogens with zero attached hydrogens (tertiary/aromatic N) is 1. The van der Waals surface area contributed by atoms with Crippen LogP contribution >= 0.6 is 0 Å². The van der Waals surface area contributed by atoms with Gasteiger partial charge in [0.05, 0.1) is 12.0 Å². The van der Waals surface area contributed by atoms with Crippen molar-refractivity contribution < 1.29 is 14.3 Å². The highest BCUT2D eigenvalue weighted by Gasteiger charge is 2.40. The van der Waals surface area contributed by atoms with Crippen LogP contribution in [-0.4, -0.2) is 47.5 Å². The molecule has 1 aromatic heterocycles. The normalized spacial score (nSPS) is 24.3. The number of amides is 2. The van der Waals surface area contributed by atoms with Crippen molar-refractivity contribution in [1.82, 2.24) is 9.88 Å². The number of nitrogens with one attached hydrogen (secondary N) is 1. The Labute approximate surface area is 152 Å². The summed E-state index contributed by atoms with van der Waals surface area (Å²) < 4.78 is 5.79. The van der Waals surface area contributed by atoms with Crippen LogP contribution in [0.5, 0.6) is 0 Å². The number of piperidine rings is 1. The number of aromatic nitrogens is 1. The van der Waals surface area contributed by atoms with E-state index in [1.807, 2.05) is 30.0 Å². The molecular formula is C20H25N3O3. The van der Waals surface area contributed by atoms with Crippen LogP contribution in [0.15, 0.2) is 24.3 Å². The van der Waals surface area contributed by atoms with E-state index >= 15 is 0 Å². The van der Waals surface area contributed by atoms with Crippen molar-refractivity contribution in [2.75, 3.05) is 19.7 Å². The van der Waals surface area contributed by atoms with E-state index in [1.54, 1.807) is 0 Å². The SMILES string of the molecule is Cc1ccc2cc(C(=O)N3CCC([C@H]4OCC[C@@H]4C(N)=O)CC3)[nH]c2c1. The predicted molar refractivity (Wildman–Crippen MR) is 98.7 cm³/mol. The summed E-state index contributed by atoms with van der Waals surface area (Å²) in [7, 11) is 0. The van der Waals surface area contributed by atoms with Crippen LogP contribution in [0.25, 0.3) is 10.9 Å². The van der Waals surface area contributed by atoms with Gasteiger partial charge in [0, 0.05) is 30.6 Å². The summed E-state index contributed by atoms with van der Waals surface area (Å²) in [6.07, 6.45) is 2.33. The van der Waals surface area contributed by atoms with Gasteiger partial charge in [0.15, 0.2) is 0 Å². The van der Waals surface area contributed by atoms with Crippen LogP contribution in [0.1, 0.15) is 35.3 Å². The van der Waals surface area contributed by atoms with Crippen LogP contribution in [0, 0.1) is 18.8 Å². The van der Waals surface area contributed by atoms with Crippen LogP contribution in [-0.2, 0) is 9.53 Å². The lowest BCUT2D eigenvalue weighted by Gasteiger charge is -2.35. The largest absolute Gasteiger partial charge is 0.377 e. The van der Waals surface area contributed by atoms with Gasteiger partial charge in [-0.25, -0.2) is 0 Å². The molecule has 0 saturated carbocycles. The number of hydrogen-bond donors (Lipinski definition) is 2. The third-order valence-corrected chi connectivity index (χ3v) is 5.80. The van der Waals surface area contributed by atoms with Gasteiger partial charge in [-0.3, -0.25) is 9.59 Å². The molecule has 2 saturated heterocycles. The van der Waals surface area contributed by atoms with Crippen molar-refractivity contribution >= 4 is 22.7 Å². The van der Waals surface area contributed by atoms with Crippen molar-refractivity contribution in [2.24, 2.45) is 17.6 Å². The number of carbonyl (C=O) groups is 2. The number of H-pyrrole nitrogens is 1. The first-order valence-corrected chi connectivity index (χ1v) is 9.32. The zero-order valence-electron chi connectivity index (χ0n) is 15.0. The van der Waals surface area contributed by atoms with Crippen LogP contribution in [0.4, 0.5) is 0 Å². The van der Waals surface area contributed by atoms with E-state index in [0.29, 0.717) is 37.7 Å². The molecule has 0 bridgehead atoms. The molecule has 0 aliphatic carbocycles. The van der Waals surface area contributed by atoms with Crippen molar-refractivity contribution in [1.29, 1.82) is 0 Å². The van der Waals surface area contributed by atoms with Gasteiger partial charge in [-0.05, 0) is 49.8 Å². The zero-order chi connectivity index (χ0) is 18.3. The Kier molecular flexibility index (Phi) is 4.44. The molecule has 2 aromatic rings. The number of benzene rings is 1. The smallest absolute Gasteiger partial charge is 0.270 e. The predicted octanol–water partition coefficient (Wildman–Crippen LogP) is 2.22. The molecule has 2 amide bonds. The van der Waals surface area contributed by atoms with Crippen LogP contribution in [0.2, 0.25) is 0 Å². The lowest BCUT2D eigenvalue weighted by atomic mass is 9.84. The molecule has 2 fully saturated rings. The number of rotatable bonds is 3. The number of aryl methyl sites for hydroxylation is 1. The number of aromatic amines is 1. The third kappa shape index (κ3) is 3.09. The standard InChI is InChI=1S/C20H25N3O3/c1-12-2-3-14-11-17(22-16(14)10-12)20(25)23-7-4-13(5-8-23)18-15(19(21)24)6-9-26-18/h2-3,10-11,13,15,18,22H,4-9H2,1H3,(H2,21,24)/t15-,18+/m0/s1. The number of primary amides is 1. The average Bonchev–Trinajstić information content (AvgIpc) is 3.28. The topological polar surface area (TPSA) is 88.4 Å². The Bertz CT molecular complexity index is 836. The van der Waals surface area contributed by atoms with E-state index in [0.717, 1.165) is 23.7 Å². The molecule has 6 nitrogen and oxygen atoms in total. The highest BCUT2D eigenvalue weighted by Crippen LogP contribution is 2.33. The monoisotopic (exact) mass is 355 g/mol. The molecule has 2 atom stereocenters. The summed E-state index contributed by atoms with van der Waals surface area (Å²) in [4.78, 5) is 29.6. The maximum absolute atomic E-state index is 12.8. The fourth-order valence-electron chi connectivity index (χ4n) is 4.34. The van der Waals surface area contributed by atoms with E-state index in [1.165, 1.54) is 5.56 Å². The van der Waals surface area contributed by atoms with Crippen molar-refractivity contribution in [2.45, 2.75) is 32.3 Å². The Morgan fingerprint density at radius 1 is 1.19 bits per heavy atom. The van der Waals surface area contributed by atoms with Crippen molar-refractivity contribution in [3.05, 3.63) is 35.5 Å². The minimum absolute atomic E-state index is 0.0381. The van der Waals surface area contributed by atoms with E-state index in [-0.39, 0.29) is 23.8 Å². The summed E-state index contributed by atoms with van der Waals surface area (Å²) in [5, 5.41) is 1.05. The Hall–Kier alpha value is -2.34. The van der Waals surface area contributed by atoms with E-state index < -0.39 is 0 Å². The number of carbonyl (C=O) groups excluding carboxylic acids is 2. The number of nitrogens with two attached hydrogens (primary N) is 1. The molecule has 0 unspecified atom stereocenters. The van der Waals surface area contributed by atoms with E-state index in [9.17, 15) is 9.59 Å². The molecule has 2 aliphatic heterocycles. The summed E-state index contributed by atoms with van der Waals surface area (Å²) in [5.41, 5.74) is 8.30. The first-order valence-electron chi connectivity index (χ1n) is 9.32. The number of ether oxygens (including phenoxy) is 1. The molecule has 1 aromatic carbocycles. The number of likely N-dealkylation sites (tertiary alicyclic amines) is 1. The zero-order valence-corrected chi connectivity index (χ0v) is 15.0. The second-order valence-electron chi connectivity index (χ2n) is 7.54. The molecule has 138 valence electrons. The summed E-state index contributed by atoms with van der Waals surface area (Å²) >= 11 is 0. The van der Waals surface area contributed by atoms with Gasteiger partial charge in [-0.15, -0.1) is 0 Å². The minimum atomic E-state index is -0.264. The highest BCUT2D eigenvalue weighted by molar-refractivity contribution is 5.98. The van der Waals surface area contributed by atoms with Gasteiger partial charge < -0.3 is 20.4 Å². The number of hydrogen-bond acceptors (Lipinski definition) is 3. The molecule has 2 aliphatic rings. The Morgan fingerprint density at radius 2 is 1.96 bits per heavy atom. The molecular weight excluding hydrogens is 330 g/mol. The summed E-state index contributed by atoms with van der Waals surface area (Å²) in [5.74, 6) is -0.112. The Balaban J connectivity index is 1.42. The fraction of sp³-hybridized carbons (Fsp3) is 0.500. The van der Waals surface area contributed by atoms with Gasteiger partial charge >= 0.3 is 0 Å². The molecule has 3 N–H and O–H groups in total. The minimum Gasteiger partial charge on any atom is -0.377 e. The highest BCUT2D eigenvalue weighted by atomic mass is 16.5. The van der Waals surface area contributed by atoms with Gasteiger partial charge in [0.25, 0.3) is 5.91 Å². The molecule has 0 spiro atoms. The fourth-order valence-corrected chi connectivity index (χ4v) is 4.34. The molecule has 3 heterocycles. The van der Waals surface area contributed by atoms with Gasteiger partial charge in [-0.1, -0.05) is 12.1 Å². The lowest BCUT2D eigenvalue weighted by molar-refractivity contribution is -0.124. The first-order chi connectivity index (χ1) is 12.5. The lowest BCUT2D eigenvalue weighted by Crippen LogP contribution is -2.44. The second-order valence-corrected chi connectivity index (χ2v) is 7.54. The molecule has 6 heteroatoms. The maximum Gasteiger partial charge on any atom is 0.270 e. The van der Waals surface area contributed by atoms with Crippen molar-refractivity contribution in [3.8, 4) is 0 Å². The maximum atomic E-state index is 12.8. The van der Waals surface area contributed by atoms with Crippen LogP contribution < -0.4 is 5.73 Å².